The second-order valence-electron chi connectivity index (χ2n) is 9.93. The molecule has 4 heteroatoms. The summed E-state index contributed by atoms with van der Waals surface area (Å²) in [5, 5.41) is 0. The van der Waals surface area contributed by atoms with E-state index in [1.807, 2.05) is 27.7 Å². The van der Waals surface area contributed by atoms with Crippen LogP contribution >= 0.6 is 11.3 Å². The van der Waals surface area contributed by atoms with Gasteiger partial charge in [-0.25, -0.2) is 4.79 Å². The van der Waals surface area contributed by atoms with E-state index < -0.39 is 11.7 Å². The minimum atomic E-state index is -0.680. The molecular formula is C24H38O3S. The Bertz CT molecular complexity index is 728. The molecule has 0 saturated carbocycles. The Morgan fingerprint density at radius 2 is 1.82 bits per heavy atom. The topological polar surface area (TPSA) is 35.5 Å². The predicted octanol–water partition coefficient (Wildman–Crippen LogP) is 7.01. The summed E-state index contributed by atoms with van der Waals surface area (Å²) in [4.78, 5) is 15.2. The summed E-state index contributed by atoms with van der Waals surface area (Å²) in [7, 11) is 0. The molecule has 0 aromatic carbocycles. The lowest BCUT2D eigenvalue weighted by atomic mass is 9.72. The Balaban J connectivity index is 2.48. The van der Waals surface area contributed by atoms with Crippen molar-refractivity contribution in [3.8, 4) is 0 Å². The number of aryl methyl sites for hydroxylation is 2. The lowest BCUT2D eigenvalue weighted by Crippen LogP contribution is -2.29. The third kappa shape index (κ3) is 5.48. The quantitative estimate of drug-likeness (QED) is 0.493. The molecule has 3 nitrogen and oxygen atoms in total. The van der Waals surface area contributed by atoms with Crippen LogP contribution in [0, 0.1) is 25.2 Å². The summed E-state index contributed by atoms with van der Waals surface area (Å²) in [6.45, 7) is 19.4. The first-order valence-electron chi connectivity index (χ1n) is 10.5. The van der Waals surface area contributed by atoms with Crippen LogP contribution in [0.4, 0.5) is 0 Å². The summed E-state index contributed by atoms with van der Waals surface area (Å²) in [5.41, 5.74) is 3.49. The van der Waals surface area contributed by atoms with E-state index in [2.05, 4.69) is 40.7 Å². The lowest BCUT2D eigenvalue weighted by molar-refractivity contribution is -0.166. The van der Waals surface area contributed by atoms with Gasteiger partial charge in [0.05, 0.1) is 12.2 Å². The van der Waals surface area contributed by atoms with Crippen molar-refractivity contribution >= 4 is 22.9 Å². The van der Waals surface area contributed by atoms with Gasteiger partial charge in [0.1, 0.15) is 0 Å². The molecule has 1 aromatic rings. The largest absolute Gasteiger partial charge is 0.464 e. The third-order valence-corrected chi connectivity index (χ3v) is 6.53. The van der Waals surface area contributed by atoms with Crippen molar-refractivity contribution in [3.05, 3.63) is 27.0 Å². The number of rotatable bonds is 5. The van der Waals surface area contributed by atoms with Gasteiger partial charge in [0.15, 0.2) is 6.10 Å². The molecule has 0 saturated heterocycles. The highest BCUT2D eigenvalue weighted by Crippen LogP contribution is 2.45. The van der Waals surface area contributed by atoms with Gasteiger partial charge < -0.3 is 9.47 Å². The minimum Gasteiger partial charge on any atom is -0.464 e. The van der Waals surface area contributed by atoms with Crippen LogP contribution in [-0.4, -0.2) is 18.2 Å². The average molecular weight is 407 g/mol. The number of allylic oxidation sites excluding steroid dienone is 2. The number of thiophene rings is 1. The Morgan fingerprint density at radius 1 is 1.18 bits per heavy atom. The summed E-state index contributed by atoms with van der Waals surface area (Å²) in [6.07, 6.45) is 5.05. The Labute approximate surface area is 175 Å². The molecule has 2 unspecified atom stereocenters. The number of hydrogen-bond donors (Lipinski definition) is 0. The smallest absolute Gasteiger partial charge is 0.340 e. The summed E-state index contributed by atoms with van der Waals surface area (Å²) in [5.74, 6) is 0.412. The van der Waals surface area contributed by atoms with Crippen molar-refractivity contribution in [1.29, 1.82) is 0 Å². The van der Waals surface area contributed by atoms with E-state index >= 15 is 0 Å². The molecule has 0 bridgehead atoms. The van der Waals surface area contributed by atoms with E-state index in [1.54, 1.807) is 11.3 Å². The molecular weight excluding hydrogens is 368 g/mol. The standard InChI is InChI=1S/C24H38O3S/c1-10-26-22(25)21(27-24(7,8)9)20-16(3)28-15(2)19(20)17-11-13-18(14-12-17)23(4,5)6/h11,18,21H,10,12-14H2,1-9H3. The van der Waals surface area contributed by atoms with Gasteiger partial charge >= 0.3 is 5.97 Å². The number of carbonyl (C=O) groups is 1. The molecule has 1 aliphatic rings. The average Bonchev–Trinajstić information content (AvgIpc) is 2.85. The molecule has 158 valence electrons. The molecule has 2 atom stereocenters. The second-order valence-corrected chi connectivity index (χ2v) is 11.4. The maximum absolute atomic E-state index is 12.8. The van der Waals surface area contributed by atoms with Gasteiger partial charge in [0, 0.05) is 15.3 Å². The molecule has 1 heterocycles. The summed E-state index contributed by atoms with van der Waals surface area (Å²) in [6, 6.07) is 0. The molecule has 1 aromatic heterocycles. The third-order valence-electron chi connectivity index (χ3n) is 5.50. The highest BCUT2D eigenvalue weighted by molar-refractivity contribution is 7.12. The van der Waals surface area contributed by atoms with Gasteiger partial charge in [-0.15, -0.1) is 11.3 Å². The van der Waals surface area contributed by atoms with E-state index in [0.29, 0.717) is 17.9 Å². The zero-order valence-corrected chi connectivity index (χ0v) is 20.0. The second kappa shape index (κ2) is 8.71. The van der Waals surface area contributed by atoms with Crippen LogP contribution in [0.2, 0.25) is 0 Å². The number of carbonyl (C=O) groups excluding carboxylic acids is 1. The molecule has 0 radical (unpaired) electrons. The molecule has 0 amide bonds. The number of ether oxygens (including phenoxy) is 2. The van der Waals surface area contributed by atoms with E-state index in [0.717, 1.165) is 23.3 Å². The van der Waals surface area contributed by atoms with Crippen molar-refractivity contribution < 1.29 is 14.3 Å². The fourth-order valence-electron chi connectivity index (χ4n) is 4.06. The zero-order valence-electron chi connectivity index (χ0n) is 19.2. The Kier molecular flexibility index (Phi) is 7.20. The Hall–Kier alpha value is -1.13. The highest BCUT2D eigenvalue weighted by atomic mass is 32.1. The maximum Gasteiger partial charge on any atom is 0.340 e. The first-order valence-corrected chi connectivity index (χ1v) is 11.3. The fourth-order valence-corrected chi connectivity index (χ4v) is 5.18. The molecule has 0 fully saturated rings. The van der Waals surface area contributed by atoms with Crippen LogP contribution in [0.25, 0.3) is 5.57 Å². The van der Waals surface area contributed by atoms with Crippen molar-refractivity contribution in [3.63, 3.8) is 0 Å². The van der Waals surface area contributed by atoms with E-state index in [-0.39, 0.29) is 5.97 Å². The van der Waals surface area contributed by atoms with Gasteiger partial charge in [0.2, 0.25) is 0 Å². The van der Waals surface area contributed by atoms with Gasteiger partial charge in [-0.05, 0) is 83.3 Å². The van der Waals surface area contributed by atoms with Gasteiger partial charge in [-0.2, -0.15) is 0 Å². The van der Waals surface area contributed by atoms with Crippen molar-refractivity contribution in [2.45, 2.75) is 93.3 Å². The number of hydrogen-bond acceptors (Lipinski definition) is 4. The zero-order chi connectivity index (χ0) is 21.3. The van der Waals surface area contributed by atoms with Crippen molar-refractivity contribution in [2.24, 2.45) is 11.3 Å². The van der Waals surface area contributed by atoms with Crippen molar-refractivity contribution in [2.75, 3.05) is 6.61 Å². The highest BCUT2D eigenvalue weighted by Gasteiger charge is 2.35. The minimum absolute atomic E-state index is 0.288. The molecule has 28 heavy (non-hydrogen) atoms. The van der Waals surface area contributed by atoms with Crippen LogP contribution in [-0.2, 0) is 14.3 Å². The van der Waals surface area contributed by atoms with E-state index in [1.165, 1.54) is 22.4 Å². The Morgan fingerprint density at radius 3 is 2.29 bits per heavy atom. The van der Waals surface area contributed by atoms with E-state index in [4.69, 9.17) is 9.47 Å². The molecule has 0 N–H and O–H groups in total. The summed E-state index contributed by atoms with van der Waals surface area (Å²) >= 11 is 1.76. The van der Waals surface area contributed by atoms with Crippen LogP contribution in [0.1, 0.15) is 94.7 Å². The van der Waals surface area contributed by atoms with Crippen LogP contribution in [0.15, 0.2) is 6.08 Å². The van der Waals surface area contributed by atoms with Gasteiger partial charge in [-0.3, -0.25) is 0 Å². The SMILES string of the molecule is CCOC(=O)C(OC(C)(C)C)c1c(C)sc(C)c1C1=CCC(C(C)(C)C)CC1. The first-order chi connectivity index (χ1) is 12.8. The fraction of sp³-hybridized carbons (Fsp3) is 0.708. The van der Waals surface area contributed by atoms with Crippen LogP contribution in [0.5, 0.6) is 0 Å². The molecule has 2 rings (SSSR count). The van der Waals surface area contributed by atoms with E-state index in [9.17, 15) is 4.79 Å². The van der Waals surface area contributed by atoms with Crippen molar-refractivity contribution in [1.82, 2.24) is 0 Å². The monoisotopic (exact) mass is 406 g/mol. The molecule has 1 aliphatic carbocycles. The number of esters is 1. The van der Waals surface area contributed by atoms with Gasteiger partial charge in [-0.1, -0.05) is 26.8 Å². The first kappa shape index (κ1) is 23.2. The molecule has 0 aliphatic heterocycles. The van der Waals surface area contributed by atoms with Crippen LogP contribution in [0.3, 0.4) is 0 Å². The lowest BCUT2D eigenvalue weighted by Gasteiger charge is -2.34. The molecule has 0 spiro atoms. The van der Waals surface area contributed by atoms with Gasteiger partial charge in [0.25, 0.3) is 0 Å². The predicted molar refractivity (Wildman–Crippen MR) is 119 cm³/mol. The van der Waals surface area contributed by atoms with Crippen LogP contribution < -0.4 is 0 Å². The maximum atomic E-state index is 12.8. The summed E-state index contributed by atoms with van der Waals surface area (Å²) < 4.78 is 11.6. The normalized spacial score (nSPS) is 19.3.